The summed E-state index contributed by atoms with van der Waals surface area (Å²) in [5.41, 5.74) is 1.95. The lowest BCUT2D eigenvalue weighted by Crippen LogP contribution is -2.67. The average Bonchev–Trinajstić information content (AvgIpc) is 3.62. The molecule has 1 amide bonds. The van der Waals surface area contributed by atoms with Crippen molar-refractivity contribution < 1.29 is 36.6 Å². The molecule has 0 spiro atoms. The Morgan fingerprint density at radius 2 is 1.61 bits per heavy atom. The van der Waals surface area contributed by atoms with E-state index >= 15 is 17.6 Å². The third kappa shape index (κ3) is 7.76. The van der Waals surface area contributed by atoms with E-state index in [-0.39, 0.29) is 36.6 Å². The van der Waals surface area contributed by atoms with E-state index in [2.05, 4.69) is 5.32 Å². The van der Waals surface area contributed by atoms with Crippen LogP contribution >= 0.6 is 0 Å². The van der Waals surface area contributed by atoms with Crippen molar-refractivity contribution in [2.24, 2.45) is 0 Å². The zero-order valence-corrected chi connectivity index (χ0v) is 34.8. The van der Waals surface area contributed by atoms with Crippen LogP contribution in [-0.2, 0) is 15.6 Å². The Bertz CT molecular complexity index is 2230. The minimum Gasteiger partial charge on any atom is -0.465 e. The Hall–Kier alpha value is -4.76. The van der Waals surface area contributed by atoms with Gasteiger partial charge in [0, 0.05) is 42.4 Å². The number of aromatic nitrogens is 2. The monoisotopic (exact) mass is 829 g/mol. The molecular formula is C45H51F4N5O4Si. The molecule has 5 aromatic rings. The molecule has 2 fully saturated rings. The first-order chi connectivity index (χ1) is 28.2. The number of fused-ring (bicyclic) bond motifs is 3. The number of alkyl halides is 2. The molecule has 59 heavy (non-hydrogen) atoms. The van der Waals surface area contributed by atoms with Crippen molar-refractivity contribution in [3.05, 3.63) is 119 Å². The molecule has 3 aliphatic heterocycles. The third-order valence-electron chi connectivity index (χ3n) is 12.3. The highest BCUT2D eigenvalue weighted by atomic mass is 28.4. The molecule has 0 aliphatic carbocycles. The Morgan fingerprint density at radius 1 is 0.966 bits per heavy atom. The summed E-state index contributed by atoms with van der Waals surface area (Å²) < 4.78 is 81.8. The van der Waals surface area contributed by atoms with Crippen molar-refractivity contribution in [1.82, 2.24) is 19.6 Å². The van der Waals surface area contributed by atoms with Crippen LogP contribution in [-0.4, -0.2) is 90.0 Å². The summed E-state index contributed by atoms with van der Waals surface area (Å²) in [4.78, 5) is 14.0. The molecule has 4 aromatic carbocycles. The number of anilines is 1. The highest BCUT2D eigenvalue weighted by Crippen LogP contribution is 2.45. The number of halogens is 4. The highest BCUT2D eigenvalue weighted by Gasteiger charge is 2.52. The summed E-state index contributed by atoms with van der Waals surface area (Å²) in [6.07, 6.45) is 3.56. The van der Waals surface area contributed by atoms with Crippen LogP contribution in [0.1, 0.15) is 75.9 Å². The van der Waals surface area contributed by atoms with E-state index in [1.54, 1.807) is 12.3 Å². The zero-order chi connectivity index (χ0) is 41.7. The number of nitrogens with zero attached hydrogens (tertiary/aromatic N) is 4. The van der Waals surface area contributed by atoms with E-state index in [0.29, 0.717) is 18.6 Å². The second-order valence-corrected chi connectivity index (χ2v) is 21.6. The molecule has 0 radical (unpaired) electrons. The first kappa shape index (κ1) is 41.0. The van der Waals surface area contributed by atoms with Crippen molar-refractivity contribution in [1.29, 1.82) is 0 Å². The zero-order valence-electron chi connectivity index (χ0n) is 33.8. The molecule has 3 atom stereocenters. The average molecular weight is 830 g/mol. The lowest BCUT2D eigenvalue weighted by atomic mass is 9.82. The standard InChI is InChI=1S/C45H51F4N5O4Si/c1-29-21-35-34(18-19-39-36(35)24-50-54(39)40-17-11-12-20-57-40)42(41-37(46)22-30(23-38(41)47)51-31-25-52(26-31)43(55)56)53(29)27-45(48,49)28-58-59(44(2,3)4,32-13-7-5-8-14-32)33-15-9-6-10-16-33/h5-10,13-16,18-19,22-24,29,31,40,42,51H,11-12,17,20-21,25-28H2,1-4H3,(H,55,56)/t29-,40?,42+/m1/s1. The van der Waals surface area contributed by atoms with Gasteiger partial charge in [0.2, 0.25) is 0 Å². The fraction of sp³-hybridized carbons (Fsp3) is 0.422. The second kappa shape index (κ2) is 16.0. The summed E-state index contributed by atoms with van der Waals surface area (Å²) in [5, 5.41) is 19.0. The van der Waals surface area contributed by atoms with E-state index in [0.717, 1.165) is 46.1 Å². The Labute approximate surface area is 343 Å². The minimum absolute atomic E-state index is 0.141. The van der Waals surface area contributed by atoms with Gasteiger partial charge in [0.1, 0.15) is 11.6 Å². The molecule has 4 heterocycles. The topological polar surface area (TPSA) is 92.1 Å². The smallest absolute Gasteiger partial charge is 0.407 e. The van der Waals surface area contributed by atoms with Crippen molar-refractivity contribution in [3.63, 3.8) is 0 Å². The number of likely N-dealkylation sites (tertiary alicyclic amines) is 1. The molecule has 1 unspecified atom stereocenters. The molecule has 0 bridgehead atoms. The summed E-state index contributed by atoms with van der Waals surface area (Å²) in [7, 11) is -3.35. The van der Waals surface area contributed by atoms with Gasteiger partial charge in [0.15, 0.2) is 6.23 Å². The van der Waals surface area contributed by atoms with Gasteiger partial charge in [-0.05, 0) is 77.3 Å². The van der Waals surface area contributed by atoms with Crippen LogP contribution in [0.3, 0.4) is 0 Å². The van der Waals surface area contributed by atoms with Crippen molar-refractivity contribution in [3.8, 4) is 0 Å². The fourth-order valence-corrected chi connectivity index (χ4v) is 14.0. The van der Waals surface area contributed by atoms with Gasteiger partial charge in [-0.15, -0.1) is 0 Å². The minimum atomic E-state index is -3.45. The van der Waals surface area contributed by atoms with Crippen molar-refractivity contribution in [2.75, 3.05) is 38.2 Å². The number of nitrogens with one attached hydrogen (secondary N) is 1. The first-order valence-electron chi connectivity index (χ1n) is 20.4. The number of carbonyl (C=O) groups is 1. The SMILES string of the molecule is C[C@@H]1Cc2c(ccc3c2cnn3C2CCCCO2)[C@@H](c2c(F)cc(NC3CN(C(=O)O)C3)cc2F)N1CC(F)(F)CO[Si](c1ccccc1)(c1ccccc1)C(C)(C)C. The molecule has 2 N–H and O–H groups in total. The molecule has 312 valence electrons. The van der Waals surface area contributed by atoms with Gasteiger partial charge < -0.3 is 24.5 Å². The van der Waals surface area contributed by atoms with Gasteiger partial charge in [-0.3, -0.25) is 4.90 Å². The Morgan fingerprint density at radius 3 is 2.19 bits per heavy atom. The van der Waals surface area contributed by atoms with Gasteiger partial charge in [-0.25, -0.2) is 27.0 Å². The van der Waals surface area contributed by atoms with Crippen LogP contribution in [0.25, 0.3) is 10.9 Å². The van der Waals surface area contributed by atoms with Crippen molar-refractivity contribution in [2.45, 2.75) is 88.7 Å². The van der Waals surface area contributed by atoms with E-state index in [9.17, 15) is 9.90 Å². The third-order valence-corrected chi connectivity index (χ3v) is 17.2. The molecule has 0 saturated carbocycles. The Kier molecular flexibility index (Phi) is 11.1. The molecule has 2 saturated heterocycles. The maximum absolute atomic E-state index is 17.0. The van der Waals surface area contributed by atoms with Crippen LogP contribution in [0, 0.1) is 11.6 Å². The molecule has 3 aliphatic rings. The molecule has 9 nitrogen and oxygen atoms in total. The lowest BCUT2D eigenvalue weighted by Gasteiger charge is -2.46. The van der Waals surface area contributed by atoms with Crippen molar-refractivity contribution >= 4 is 41.4 Å². The number of rotatable bonds is 11. The van der Waals surface area contributed by atoms with Crippen LogP contribution in [0.5, 0.6) is 0 Å². The largest absolute Gasteiger partial charge is 0.465 e. The van der Waals surface area contributed by atoms with E-state index in [1.807, 2.05) is 99.1 Å². The molecule has 8 rings (SSSR count). The highest BCUT2D eigenvalue weighted by molar-refractivity contribution is 6.99. The predicted molar refractivity (Wildman–Crippen MR) is 222 cm³/mol. The Balaban J connectivity index is 1.17. The normalized spacial score (nSPS) is 20.7. The molecular weight excluding hydrogens is 779 g/mol. The maximum Gasteiger partial charge on any atom is 0.407 e. The number of benzene rings is 4. The first-order valence-corrected chi connectivity index (χ1v) is 22.3. The van der Waals surface area contributed by atoms with Gasteiger partial charge in [0.25, 0.3) is 14.2 Å². The van der Waals surface area contributed by atoms with Crippen LogP contribution in [0.2, 0.25) is 5.04 Å². The van der Waals surface area contributed by atoms with Gasteiger partial charge >= 0.3 is 6.09 Å². The van der Waals surface area contributed by atoms with Gasteiger partial charge in [-0.1, -0.05) is 87.5 Å². The summed E-state index contributed by atoms with van der Waals surface area (Å²) in [6, 6.07) is 23.0. The summed E-state index contributed by atoms with van der Waals surface area (Å²) in [6.45, 7) is 7.13. The predicted octanol–water partition coefficient (Wildman–Crippen LogP) is 8.34. The van der Waals surface area contributed by atoms with Crippen LogP contribution in [0.4, 0.5) is 28.0 Å². The van der Waals surface area contributed by atoms with Gasteiger partial charge in [0.05, 0.1) is 36.9 Å². The van der Waals surface area contributed by atoms with E-state index in [4.69, 9.17) is 14.3 Å². The fourth-order valence-electron chi connectivity index (χ4n) is 9.42. The van der Waals surface area contributed by atoms with Crippen LogP contribution in [0.15, 0.2) is 91.1 Å². The number of hydrogen-bond donors (Lipinski definition) is 2. The number of ether oxygens (including phenoxy) is 1. The summed E-state index contributed by atoms with van der Waals surface area (Å²) in [5.74, 6) is -5.23. The van der Waals surface area contributed by atoms with Crippen LogP contribution < -0.4 is 15.7 Å². The maximum atomic E-state index is 17.0. The van der Waals surface area contributed by atoms with E-state index in [1.165, 1.54) is 21.9 Å². The van der Waals surface area contributed by atoms with Gasteiger partial charge in [-0.2, -0.15) is 5.10 Å². The number of hydrogen-bond acceptors (Lipinski definition) is 6. The summed E-state index contributed by atoms with van der Waals surface area (Å²) >= 11 is 0. The molecule has 14 heteroatoms. The number of amides is 1. The molecule has 1 aromatic heterocycles. The second-order valence-electron chi connectivity index (χ2n) is 17.3. The number of carboxylic acid groups (broad SMARTS) is 1. The lowest BCUT2D eigenvalue weighted by molar-refractivity contribution is -0.0822. The van der Waals surface area contributed by atoms with E-state index < -0.39 is 62.2 Å². The quantitative estimate of drug-likeness (QED) is 0.102.